The molecule has 1 aliphatic heterocycles. The Morgan fingerprint density at radius 3 is 3.00 bits per heavy atom. The molecule has 1 aromatic heterocycles. The van der Waals surface area contributed by atoms with E-state index in [-0.39, 0.29) is 11.3 Å². The van der Waals surface area contributed by atoms with Crippen LogP contribution in [-0.2, 0) is 16.8 Å². The molecule has 4 rings (SSSR count). The standard InChI is InChI=1S/C17H16BrN3O3/c18-15-9-13(21(22)23)10-19-16(15)20-7-8-24-17(11-20)6-5-12-3-1-2-4-14(12)17/h1-4,9-10H,5-8,11H2. The van der Waals surface area contributed by atoms with Gasteiger partial charge >= 0.3 is 0 Å². The van der Waals surface area contributed by atoms with E-state index < -0.39 is 4.92 Å². The first-order valence-corrected chi connectivity index (χ1v) is 8.66. The van der Waals surface area contributed by atoms with E-state index in [2.05, 4.69) is 44.0 Å². The van der Waals surface area contributed by atoms with Crippen molar-refractivity contribution in [3.63, 3.8) is 0 Å². The van der Waals surface area contributed by atoms with Gasteiger partial charge in [-0.2, -0.15) is 0 Å². The summed E-state index contributed by atoms with van der Waals surface area (Å²) < 4.78 is 6.85. The topological polar surface area (TPSA) is 68.5 Å². The maximum absolute atomic E-state index is 10.9. The molecule has 0 bridgehead atoms. The molecule has 1 aromatic carbocycles. The zero-order valence-electron chi connectivity index (χ0n) is 12.9. The Labute approximate surface area is 147 Å². The van der Waals surface area contributed by atoms with Gasteiger partial charge in [-0.3, -0.25) is 10.1 Å². The molecule has 0 amide bonds. The summed E-state index contributed by atoms with van der Waals surface area (Å²) >= 11 is 3.43. The van der Waals surface area contributed by atoms with Gasteiger partial charge in [-0.05, 0) is 39.9 Å². The number of hydrogen-bond acceptors (Lipinski definition) is 5. The summed E-state index contributed by atoms with van der Waals surface area (Å²) in [5.41, 5.74) is 2.28. The van der Waals surface area contributed by atoms with Crippen LogP contribution in [0.2, 0.25) is 0 Å². The number of benzene rings is 1. The van der Waals surface area contributed by atoms with Gasteiger partial charge < -0.3 is 9.64 Å². The van der Waals surface area contributed by atoms with Crippen LogP contribution in [0.5, 0.6) is 0 Å². The number of halogens is 1. The fourth-order valence-corrected chi connectivity index (χ4v) is 4.27. The minimum absolute atomic E-state index is 0.0141. The van der Waals surface area contributed by atoms with Crippen LogP contribution in [0.3, 0.4) is 0 Å². The highest BCUT2D eigenvalue weighted by Crippen LogP contribution is 2.43. The first kappa shape index (κ1) is 15.5. The van der Waals surface area contributed by atoms with Crippen molar-refractivity contribution in [2.24, 2.45) is 0 Å². The van der Waals surface area contributed by atoms with E-state index >= 15 is 0 Å². The normalized spacial score (nSPS) is 22.6. The molecule has 2 aromatic rings. The molecule has 1 unspecified atom stereocenters. The van der Waals surface area contributed by atoms with E-state index in [1.807, 2.05) is 6.07 Å². The fraction of sp³-hybridized carbons (Fsp3) is 0.353. The van der Waals surface area contributed by atoms with Gasteiger partial charge in [0.1, 0.15) is 17.6 Å². The smallest absolute Gasteiger partial charge is 0.288 e. The van der Waals surface area contributed by atoms with E-state index in [0.717, 1.165) is 18.7 Å². The Bertz CT molecular complexity index is 809. The number of rotatable bonds is 2. The van der Waals surface area contributed by atoms with Crippen molar-refractivity contribution in [1.29, 1.82) is 0 Å². The van der Waals surface area contributed by atoms with Gasteiger partial charge in [-0.15, -0.1) is 0 Å². The molecule has 0 radical (unpaired) electrons. The van der Waals surface area contributed by atoms with Gasteiger partial charge in [0, 0.05) is 12.6 Å². The Morgan fingerprint density at radius 2 is 2.21 bits per heavy atom. The zero-order chi connectivity index (χ0) is 16.7. The number of aromatic nitrogens is 1. The number of fused-ring (bicyclic) bond motifs is 2. The number of morpholine rings is 1. The lowest BCUT2D eigenvalue weighted by molar-refractivity contribution is -0.385. The second-order valence-corrected chi connectivity index (χ2v) is 7.03. The van der Waals surface area contributed by atoms with Gasteiger partial charge in [0.15, 0.2) is 0 Å². The van der Waals surface area contributed by atoms with Crippen molar-refractivity contribution < 1.29 is 9.66 Å². The lowest BCUT2D eigenvalue weighted by atomic mass is 9.93. The molecule has 1 atom stereocenters. The highest BCUT2D eigenvalue weighted by atomic mass is 79.9. The van der Waals surface area contributed by atoms with Crippen LogP contribution in [0.1, 0.15) is 17.5 Å². The maximum atomic E-state index is 10.9. The van der Waals surface area contributed by atoms with E-state index in [9.17, 15) is 10.1 Å². The minimum atomic E-state index is -0.435. The molecule has 2 heterocycles. The number of hydrogen-bond donors (Lipinski definition) is 0. The van der Waals surface area contributed by atoms with Gasteiger partial charge in [0.2, 0.25) is 0 Å². The van der Waals surface area contributed by atoms with Crippen LogP contribution in [0.25, 0.3) is 0 Å². The first-order valence-electron chi connectivity index (χ1n) is 7.86. The summed E-state index contributed by atoms with van der Waals surface area (Å²) in [6, 6.07) is 9.92. The summed E-state index contributed by atoms with van der Waals surface area (Å²) in [5.74, 6) is 0.729. The van der Waals surface area contributed by atoms with Crippen LogP contribution in [0, 0.1) is 10.1 Å². The van der Waals surface area contributed by atoms with Gasteiger partial charge in [-0.25, -0.2) is 4.98 Å². The molecule has 2 aliphatic rings. The molecule has 24 heavy (non-hydrogen) atoms. The number of ether oxygens (including phenoxy) is 1. The number of anilines is 1. The van der Waals surface area contributed by atoms with Crippen LogP contribution in [0.4, 0.5) is 11.5 Å². The second-order valence-electron chi connectivity index (χ2n) is 6.18. The van der Waals surface area contributed by atoms with E-state index in [0.29, 0.717) is 24.2 Å². The third kappa shape index (κ3) is 2.48. The summed E-state index contributed by atoms with van der Waals surface area (Å²) in [7, 11) is 0. The van der Waals surface area contributed by atoms with Gasteiger partial charge in [0.25, 0.3) is 5.69 Å². The van der Waals surface area contributed by atoms with Crippen molar-refractivity contribution in [1.82, 2.24) is 4.98 Å². The first-order chi connectivity index (χ1) is 11.6. The minimum Gasteiger partial charge on any atom is -0.367 e. The fourth-order valence-electron chi connectivity index (χ4n) is 3.69. The Kier molecular flexibility index (Phi) is 3.77. The molecule has 0 saturated carbocycles. The third-order valence-corrected chi connectivity index (χ3v) is 5.39. The van der Waals surface area contributed by atoms with Crippen molar-refractivity contribution in [2.45, 2.75) is 18.4 Å². The maximum Gasteiger partial charge on any atom is 0.288 e. The van der Waals surface area contributed by atoms with Crippen LogP contribution in [0.15, 0.2) is 41.0 Å². The van der Waals surface area contributed by atoms with Crippen LogP contribution in [-0.4, -0.2) is 29.6 Å². The number of nitrogens with zero attached hydrogens (tertiary/aromatic N) is 3. The molecule has 1 aliphatic carbocycles. The number of aryl methyl sites for hydroxylation is 1. The van der Waals surface area contributed by atoms with Crippen molar-refractivity contribution >= 4 is 27.4 Å². The summed E-state index contributed by atoms with van der Waals surface area (Å²) in [6.07, 6.45) is 3.27. The van der Waals surface area contributed by atoms with E-state index in [1.54, 1.807) is 0 Å². The zero-order valence-corrected chi connectivity index (χ0v) is 14.5. The highest BCUT2D eigenvalue weighted by molar-refractivity contribution is 9.10. The Hall–Kier alpha value is -1.99. The molecule has 6 nitrogen and oxygen atoms in total. The van der Waals surface area contributed by atoms with Crippen LogP contribution >= 0.6 is 15.9 Å². The predicted molar refractivity (Wildman–Crippen MR) is 93.2 cm³/mol. The number of pyridine rings is 1. The molecular weight excluding hydrogens is 374 g/mol. The summed E-state index contributed by atoms with van der Waals surface area (Å²) in [5, 5.41) is 10.9. The molecule has 1 spiro atoms. The lowest BCUT2D eigenvalue weighted by Crippen LogP contribution is -2.49. The summed E-state index contributed by atoms with van der Waals surface area (Å²) in [4.78, 5) is 16.9. The molecule has 1 fully saturated rings. The van der Waals surface area contributed by atoms with Gasteiger partial charge in [0.05, 0.1) is 22.5 Å². The highest BCUT2D eigenvalue weighted by Gasteiger charge is 2.43. The Morgan fingerprint density at radius 1 is 1.38 bits per heavy atom. The second kappa shape index (κ2) is 5.82. The number of nitro groups is 1. The molecule has 1 saturated heterocycles. The van der Waals surface area contributed by atoms with Crippen LogP contribution < -0.4 is 4.90 Å². The lowest BCUT2D eigenvalue weighted by Gasteiger charge is -2.42. The molecular formula is C17H16BrN3O3. The third-order valence-electron chi connectivity index (χ3n) is 4.81. The average molecular weight is 390 g/mol. The Balaban J connectivity index is 1.66. The van der Waals surface area contributed by atoms with Crippen molar-refractivity contribution in [2.75, 3.05) is 24.6 Å². The van der Waals surface area contributed by atoms with Crippen molar-refractivity contribution in [3.05, 3.63) is 62.2 Å². The molecule has 7 heteroatoms. The van der Waals surface area contributed by atoms with Gasteiger partial charge in [-0.1, -0.05) is 24.3 Å². The SMILES string of the molecule is O=[N+]([O-])c1cnc(N2CCOC3(CCc4ccccc43)C2)c(Br)c1. The average Bonchev–Trinajstić information content (AvgIpc) is 2.93. The quantitative estimate of drug-likeness (QED) is 0.581. The van der Waals surface area contributed by atoms with E-state index in [4.69, 9.17) is 4.74 Å². The largest absolute Gasteiger partial charge is 0.367 e. The summed E-state index contributed by atoms with van der Waals surface area (Å²) in [6.45, 7) is 2.03. The monoisotopic (exact) mass is 389 g/mol. The van der Waals surface area contributed by atoms with Crippen molar-refractivity contribution in [3.8, 4) is 0 Å². The predicted octanol–water partition coefficient (Wildman–Crippen LogP) is 3.43. The van der Waals surface area contributed by atoms with E-state index in [1.165, 1.54) is 23.4 Å². The molecule has 124 valence electrons. The molecule has 0 N–H and O–H groups in total.